The molecule has 1 aliphatic heterocycles. The van der Waals surface area contributed by atoms with Crippen molar-refractivity contribution in [3.63, 3.8) is 0 Å². The summed E-state index contributed by atoms with van der Waals surface area (Å²) in [7, 11) is 0. The van der Waals surface area contributed by atoms with E-state index in [1.54, 1.807) is 0 Å². The number of anilines is 1. The first-order valence-electron chi connectivity index (χ1n) is 3.31. The second-order valence-electron chi connectivity index (χ2n) is 2.27. The van der Waals surface area contributed by atoms with Crippen molar-refractivity contribution in [1.29, 1.82) is 5.41 Å². The van der Waals surface area contributed by atoms with Gasteiger partial charge in [0.15, 0.2) is 6.61 Å². The van der Waals surface area contributed by atoms with E-state index < -0.39 is 0 Å². The largest absolute Gasteiger partial charge is 0.476 e. The first kappa shape index (κ1) is 6.22. The van der Waals surface area contributed by atoms with Crippen molar-refractivity contribution in [3.05, 3.63) is 30.9 Å². The third-order valence-corrected chi connectivity index (χ3v) is 1.46. The Morgan fingerprint density at radius 3 is 3.00 bits per heavy atom. The van der Waals surface area contributed by atoms with Gasteiger partial charge < -0.3 is 10.1 Å². The van der Waals surface area contributed by atoms with E-state index in [9.17, 15) is 0 Å². The van der Waals surface area contributed by atoms with Gasteiger partial charge in [0, 0.05) is 0 Å². The molecule has 0 saturated heterocycles. The summed E-state index contributed by atoms with van der Waals surface area (Å²) in [6, 6.07) is 7.51. The summed E-state index contributed by atoms with van der Waals surface area (Å²) < 4.78 is 5.12. The lowest BCUT2D eigenvalue weighted by atomic mass is 10.2. The summed E-state index contributed by atoms with van der Waals surface area (Å²) in [6.07, 6.45) is 0. The molecular weight excluding hydrogens is 140 g/mol. The number of amidine groups is 1. The second-order valence-corrected chi connectivity index (χ2v) is 2.27. The monoisotopic (exact) mass is 147 g/mol. The standard InChI is InChI=1S/C8H7N2O/c9-8-5-11-7-4-2-1-3-6(7)10-8/h1-5H,(H2,9,10). The minimum Gasteiger partial charge on any atom is -0.476 e. The van der Waals surface area contributed by atoms with E-state index in [0.717, 1.165) is 11.4 Å². The van der Waals surface area contributed by atoms with Crippen molar-refractivity contribution in [2.24, 2.45) is 0 Å². The number of nitrogens with one attached hydrogen (secondary N) is 2. The maximum Gasteiger partial charge on any atom is 0.199 e. The molecule has 0 unspecified atom stereocenters. The molecule has 11 heavy (non-hydrogen) atoms. The number of ether oxygens (including phenoxy) is 1. The van der Waals surface area contributed by atoms with Crippen LogP contribution < -0.4 is 10.1 Å². The lowest BCUT2D eigenvalue weighted by Gasteiger charge is -2.17. The Balaban J connectivity index is 2.41. The van der Waals surface area contributed by atoms with Crippen LogP contribution in [0.15, 0.2) is 24.3 Å². The van der Waals surface area contributed by atoms with Gasteiger partial charge in [-0.1, -0.05) is 12.1 Å². The van der Waals surface area contributed by atoms with Gasteiger partial charge in [0.25, 0.3) is 0 Å². The predicted molar refractivity (Wildman–Crippen MR) is 42.7 cm³/mol. The number of para-hydroxylation sites is 2. The molecule has 1 aromatic rings. The summed E-state index contributed by atoms with van der Waals surface area (Å²) in [5.74, 6) is 1.05. The van der Waals surface area contributed by atoms with E-state index in [0.29, 0.717) is 0 Å². The van der Waals surface area contributed by atoms with Crippen molar-refractivity contribution >= 4 is 11.5 Å². The molecule has 0 aromatic heterocycles. The summed E-state index contributed by atoms with van der Waals surface area (Å²) in [5, 5.41) is 10.1. The minimum atomic E-state index is 0.281. The quantitative estimate of drug-likeness (QED) is 0.585. The second kappa shape index (κ2) is 2.27. The normalized spacial score (nSPS) is 14.7. The molecule has 0 saturated carbocycles. The molecule has 0 spiro atoms. The van der Waals surface area contributed by atoms with Gasteiger partial charge in [-0.15, -0.1) is 0 Å². The number of hydrogen-bond acceptors (Lipinski definition) is 2. The van der Waals surface area contributed by atoms with Gasteiger partial charge in [-0.05, 0) is 12.1 Å². The highest BCUT2D eigenvalue weighted by molar-refractivity contribution is 6.01. The van der Waals surface area contributed by atoms with Crippen LogP contribution in [0.2, 0.25) is 0 Å². The Kier molecular flexibility index (Phi) is 1.28. The van der Waals surface area contributed by atoms with Crippen LogP contribution in [-0.4, -0.2) is 5.84 Å². The van der Waals surface area contributed by atoms with Gasteiger partial charge in [-0.3, -0.25) is 5.41 Å². The van der Waals surface area contributed by atoms with Gasteiger partial charge in [-0.25, -0.2) is 0 Å². The maximum absolute atomic E-state index is 7.23. The molecule has 0 fully saturated rings. The fraction of sp³-hybridized carbons (Fsp3) is 0. The van der Waals surface area contributed by atoms with E-state index in [1.165, 1.54) is 6.61 Å². The molecule has 1 aliphatic rings. The third kappa shape index (κ3) is 1.05. The van der Waals surface area contributed by atoms with Crippen LogP contribution in [0.1, 0.15) is 0 Å². The molecule has 3 nitrogen and oxygen atoms in total. The zero-order valence-corrected chi connectivity index (χ0v) is 5.79. The van der Waals surface area contributed by atoms with Gasteiger partial charge in [0.05, 0.1) is 5.69 Å². The van der Waals surface area contributed by atoms with Crippen LogP contribution in [0.25, 0.3) is 0 Å². The first-order chi connectivity index (χ1) is 5.36. The van der Waals surface area contributed by atoms with Crippen LogP contribution in [-0.2, 0) is 0 Å². The number of benzene rings is 1. The highest BCUT2D eigenvalue weighted by atomic mass is 16.5. The highest BCUT2D eigenvalue weighted by Crippen LogP contribution is 2.27. The smallest absolute Gasteiger partial charge is 0.199 e. The molecule has 0 atom stereocenters. The Morgan fingerprint density at radius 1 is 1.27 bits per heavy atom. The molecule has 1 heterocycles. The fourth-order valence-corrected chi connectivity index (χ4v) is 0.970. The van der Waals surface area contributed by atoms with E-state index in [1.807, 2.05) is 24.3 Å². The molecule has 0 bridgehead atoms. The molecule has 0 aliphatic carbocycles. The Labute approximate surface area is 64.5 Å². The first-order valence-corrected chi connectivity index (χ1v) is 3.31. The minimum absolute atomic E-state index is 0.281. The van der Waals surface area contributed by atoms with Crippen LogP contribution in [0.5, 0.6) is 5.75 Å². The number of fused-ring (bicyclic) bond motifs is 1. The molecule has 1 aromatic carbocycles. The Morgan fingerprint density at radius 2 is 2.09 bits per heavy atom. The Bertz CT molecular complexity index is 296. The van der Waals surface area contributed by atoms with Gasteiger partial charge in [0.1, 0.15) is 11.6 Å². The van der Waals surface area contributed by atoms with Crippen LogP contribution >= 0.6 is 0 Å². The third-order valence-electron chi connectivity index (χ3n) is 1.46. The summed E-state index contributed by atoms with van der Waals surface area (Å²) in [6.45, 7) is 1.38. The van der Waals surface area contributed by atoms with Crippen molar-refractivity contribution in [2.45, 2.75) is 0 Å². The average Bonchev–Trinajstić information content (AvgIpc) is 2.04. The fourth-order valence-electron chi connectivity index (χ4n) is 0.970. The van der Waals surface area contributed by atoms with E-state index in [2.05, 4.69) is 5.32 Å². The van der Waals surface area contributed by atoms with Crippen molar-refractivity contribution < 1.29 is 4.74 Å². The van der Waals surface area contributed by atoms with Crippen molar-refractivity contribution in [1.82, 2.24) is 0 Å². The Hall–Kier alpha value is -1.51. The highest BCUT2D eigenvalue weighted by Gasteiger charge is 2.11. The molecule has 3 heteroatoms. The lowest BCUT2D eigenvalue weighted by Crippen LogP contribution is -2.19. The summed E-state index contributed by atoms with van der Waals surface area (Å²) >= 11 is 0. The molecule has 2 N–H and O–H groups in total. The molecular formula is C8H7N2O. The van der Waals surface area contributed by atoms with E-state index in [4.69, 9.17) is 10.1 Å². The van der Waals surface area contributed by atoms with Crippen LogP contribution in [0.3, 0.4) is 0 Å². The molecule has 0 amide bonds. The molecule has 2 rings (SSSR count). The van der Waals surface area contributed by atoms with E-state index >= 15 is 0 Å². The van der Waals surface area contributed by atoms with Gasteiger partial charge >= 0.3 is 0 Å². The van der Waals surface area contributed by atoms with E-state index in [-0.39, 0.29) is 5.84 Å². The number of rotatable bonds is 0. The van der Waals surface area contributed by atoms with Crippen LogP contribution in [0.4, 0.5) is 5.69 Å². The van der Waals surface area contributed by atoms with Gasteiger partial charge in [0.2, 0.25) is 0 Å². The lowest BCUT2D eigenvalue weighted by molar-refractivity contribution is 0.440. The maximum atomic E-state index is 7.23. The zero-order chi connectivity index (χ0) is 7.68. The zero-order valence-electron chi connectivity index (χ0n) is 5.79. The topological polar surface area (TPSA) is 45.1 Å². The molecule has 55 valence electrons. The molecule has 1 radical (unpaired) electrons. The van der Waals surface area contributed by atoms with Crippen molar-refractivity contribution in [3.8, 4) is 5.75 Å². The van der Waals surface area contributed by atoms with Gasteiger partial charge in [-0.2, -0.15) is 0 Å². The van der Waals surface area contributed by atoms with Crippen molar-refractivity contribution in [2.75, 3.05) is 5.32 Å². The SMILES string of the molecule is N=C1[CH]Oc2ccccc2N1. The summed E-state index contributed by atoms with van der Waals surface area (Å²) in [5.41, 5.74) is 0.847. The van der Waals surface area contributed by atoms with Crippen LogP contribution in [0, 0.1) is 12.0 Å². The number of hydrogen-bond donors (Lipinski definition) is 2. The summed E-state index contributed by atoms with van der Waals surface area (Å²) in [4.78, 5) is 0. The predicted octanol–water partition coefficient (Wildman–Crippen LogP) is 1.63. The average molecular weight is 147 g/mol.